The number of carboxylic acids is 1. The van der Waals surface area contributed by atoms with Crippen molar-refractivity contribution >= 4 is 126 Å². The van der Waals surface area contributed by atoms with Crippen molar-refractivity contribution in [1.82, 2.24) is 4.57 Å². The fourth-order valence-electron chi connectivity index (χ4n) is 4.91. The van der Waals surface area contributed by atoms with Crippen LogP contribution in [0.3, 0.4) is 0 Å². The first-order chi connectivity index (χ1) is 21.9. The summed E-state index contributed by atoms with van der Waals surface area (Å²) in [5, 5.41) is 11.1. The van der Waals surface area contributed by atoms with E-state index in [1.165, 1.54) is 42.4 Å². The van der Waals surface area contributed by atoms with E-state index < -0.39 is 34.1 Å². The van der Waals surface area contributed by atoms with Gasteiger partial charge in [-0.15, -0.1) is 58.4 Å². The van der Waals surface area contributed by atoms with E-state index in [0.29, 0.717) is 26.5 Å². The van der Waals surface area contributed by atoms with Gasteiger partial charge >= 0.3 is 5.97 Å². The Morgan fingerprint density at radius 2 is 1.59 bits per heavy atom. The number of carbonyl (C=O) groups is 1. The molecule has 0 amide bonds. The highest BCUT2D eigenvalue weighted by molar-refractivity contribution is 8.04. The largest absolute Gasteiger partial charge is 0.480 e. The predicted molar refractivity (Wildman–Crippen MR) is 198 cm³/mol. The Morgan fingerprint density at radius 3 is 2.20 bits per heavy atom. The summed E-state index contributed by atoms with van der Waals surface area (Å²) in [7, 11) is -4.38. The van der Waals surface area contributed by atoms with Crippen LogP contribution in [0.1, 0.15) is 11.9 Å². The lowest BCUT2D eigenvalue weighted by Crippen LogP contribution is -2.36. The van der Waals surface area contributed by atoms with Crippen molar-refractivity contribution in [2.24, 2.45) is 0 Å². The number of thioether (sulfide) groups is 5. The van der Waals surface area contributed by atoms with Crippen molar-refractivity contribution in [1.29, 1.82) is 0 Å². The lowest BCUT2D eigenvalue weighted by molar-refractivity contribution is -0.665. The van der Waals surface area contributed by atoms with Gasteiger partial charge in [-0.05, 0) is 62.3 Å². The molecular formula is C29H30N3O6S8+. The molecule has 46 heavy (non-hydrogen) atoms. The van der Waals surface area contributed by atoms with Crippen LogP contribution in [-0.4, -0.2) is 59.5 Å². The Kier molecular flexibility index (Phi) is 11.4. The number of fused-ring (bicyclic) bond motifs is 2. The lowest BCUT2D eigenvalue weighted by atomic mass is 10.3. The lowest BCUT2D eigenvalue weighted by Gasteiger charge is -2.19. The molecule has 0 unspecified atom stereocenters. The number of allylic oxidation sites excluding steroid dienone is 1. The van der Waals surface area contributed by atoms with Crippen molar-refractivity contribution in [2.75, 3.05) is 35.8 Å². The molecule has 2 N–H and O–H groups in total. The van der Waals surface area contributed by atoms with E-state index in [4.69, 9.17) is 0 Å². The van der Waals surface area contributed by atoms with Gasteiger partial charge in [0.2, 0.25) is 5.52 Å². The molecule has 5 rings (SSSR count). The normalized spacial score (nSPS) is 15.1. The number of anilines is 1. The van der Waals surface area contributed by atoms with Gasteiger partial charge in [-0.2, -0.15) is 13.0 Å². The Balaban J connectivity index is 1.66. The molecule has 0 spiro atoms. The standard InChI is InChI=1S/C29H29N3O6S8/c1-6-30-16-9-21(39-2)23(41-4)11-19(16)45-26(30)13-27-31(14-28(33)34)29(35)18(43-27)7-8-25-32(15-46(36,37)38)17-10-22(40-3)24(42-5)12-20(17)44-25/h7-13H,6,14-15H2,1-5H3,(H-,33,34,36,37,38)/p+1/b18-7+,25-8-. The van der Waals surface area contributed by atoms with E-state index in [0.717, 1.165) is 29.9 Å². The van der Waals surface area contributed by atoms with E-state index in [1.807, 2.05) is 43.2 Å². The van der Waals surface area contributed by atoms with Gasteiger partial charge in [-0.25, -0.2) is 0 Å². The molecule has 0 saturated heterocycles. The minimum atomic E-state index is -4.38. The Labute approximate surface area is 295 Å². The number of benzene rings is 2. The topological polar surface area (TPSA) is 121 Å². The first kappa shape index (κ1) is 35.5. The van der Waals surface area contributed by atoms with Gasteiger partial charge in [0.05, 0.1) is 21.3 Å². The fraction of sp³-hybridized carbons (Fsp3) is 0.276. The SMILES string of the molecule is CC[n+]1c(C=c2s/c(=C/C=C3\Sc4cc(SC)c(SC)cc4N3CS(=O)(=O)O)c(=O)n2CC(=O)O)sc2cc(SC)c(SC)cc21. The summed E-state index contributed by atoms with van der Waals surface area (Å²) in [6, 6.07) is 8.24. The molecule has 0 atom stereocenters. The van der Waals surface area contributed by atoms with E-state index in [-0.39, 0.29) is 0 Å². The molecule has 2 aromatic heterocycles. The molecule has 1 aliphatic rings. The summed E-state index contributed by atoms with van der Waals surface area (Å²) < 4.78 is 39.1. The molecule has 1 aliphatic heterocycles. The molecule has 0 fully saturated rings. The molecule has 4 aromatic rings. The van der Waals surface area contributed by atoms with E-state index >= 15 is 0 Å². The van der Waals surface area contributed by atoms with E-state index in [9.17, 15) is 27.7 Å². The predicted octanol–water partition coefficient (Wildman–Crippen LogP) is 5.31. The smallest absolute Gasteiger partial charge is 0.323 e. The average Bonchev–Trinajstić information content (AvgIpc) is 3.63. The number of hydrogen-bond acceptors (Lipinski definition) is 12. The van der Waals surface area contributed by atoms with Crippen LogP contribution in [-0.2, 0) is 28.0 Å². The number of rotatable bonds is 11. The van der Waals surface area contributed by atoms with Crippen molar-refractivity contribution < 1.29 is 27.4 Å². The Morgan fingerprint density at radius 1 is 0.957 bits per heavy atom. The van der Waals surface area contributed by atoms with Crippen molar-refractivity contribution in [3.8, 4) is 0 Å². The number of aromatic nitrogens is 2. The maximum Gasteiger partial charge on any atom is 0.323 e. The molecule has 17 heteroatoms. The van der Waals surface area contributed by atoms with Crippen LogP contribution in [0.15, 0.2) is 64.6 Å². The molecule has 244 valence electrons. The number of thiazole rings is 2. The second-order valence-corrected chi connectivity index (χ2v) is 17.7. The maximum absolute atomic E-state index is 13.6. The van der Waals surface area contributed by atoms with E-state index in [2.05, 4.69) is 23.6 Å². The monoisotopic (exact) mass is 772 g/mol. The van der Waals surface area contributed by atoms with Crippen molar-refractivity contribution in [2.45, 2.75) is 44.5 Å². The third-order valence-corrected chi connectivity index (χ3v) is 14.2. The number of carboxylic acid groups (broad SMARTS) is 1. The molecular weight excluding hydrogens is 743 g/mol. The second-order valence-electron chi connectivity index (χ2n) is 9.68. The van der Waals surface area contributed by atoms with Gasteiger partial charge in [0.1, 0.15) is 22.5 Å². The highest BCUT2D eigenvalue weighted by Gasteiger charge is 2.30. The molecule has 9 nitrogen and oxygen atoms in total. The summed E-state index contributed by atoms with van der Waals surface area (Å²) >= 11 is 10.6. The summed E-state index contributed by atoms with van der Waals surface area (Å²) in [6.07, 6.45) is 13.1. The summed E-state index contributed by atoms with van der Waals surface area (Å²) in [5.41, 5.74) is 1.27. The highest BCUT2D eigenvalue weighted by Crippen LogP contribution is 2.49. The molecule has 0 radical (unpaired) electrons. The number of nitrogens with zero attached hydrogens (tertiary/aromatic N) is 3. The Bertz CT molecular complexity index is 2170. The summed E-state index contributed by atoms with van der Waals surface area (Å²) in [4.78, 5) is 32.1. The number of aryl methyl sites for hydroxylation is 1. The van der Waals surface area contributed by atoms with Gasteiger partial charge in [-0.1, -0.05) is 23.1 Å². The van der Waals surface area contributed by atoms with Crippen LogP contribution in [0.4, 0.5) is 5.69 Å². The molecule has 0 saturated carbocycles. The third kappa shape index (κ3) is 7.42. The minimum absolute atomic E-state index is 0.302. The van der Waals surface area contributed by atoms with Gasteiger partial charge in [0.15, 0.2) is 5.88 Å². The first-order valence-electron chi connectivity index (χ1n) is 13.5. The zero-order chi connectivity index (χ0) is 33.3. The number of aliphatic carboxylic acids is 1. The van der Waals surface area contributed by atoms with Crippen molar-refractivity contribution in [3.05, 3.63) is 59.9 Å². The molecule has 0 bridgehead atoms. The van der Waals surface area contributed by atoms with Gasteiger partial charge in [0, 0.05) is 30.5 Å². The second kappa shape index (κ2) is 14.7. The van der Waals surface area contributed by atoms with Crippen LogP contribution < -0.4 is 24.2 Å². The summed E-state index contributed by atoms with van der Waals surface area (Å²) in [5.74, 6) is -1.78. The highest BCUT2D eigenvalue weighted by atomic mass is 32.2. The van der Waals surface area contributed by atoms with Gasteiger partial charge in [0.25, 0.3) is 20.7 Å². The quantitative estimate of drug-likeness (QED) is 0.117. The van der Waals surface area contributed by atoms with Crippen LogP contribution in [0.2, 0.25) is 0 Å². The van der Waals surface area contributed by atoms with Gasteiger partial charge in [-0.3, -0.25) is 18.7 Å². The fourth-order valence-corrected chi connectivity index (χ4v) is 12.0. The minimum Gasteiger partial charge on any atom is -0.480 e. The zero-order valence-corrected chi connectivity index (χ0v) is 31.8. The van der Waals surface area contributed by atoms with E-state index in [1.54, 1.807) is 70.5 Å². The maximum atomic E-state index is 13.6. The Hall–Kier alpha value is -1.83. The average molecular weight is 773 g/mol. The zero-order valence-electron chi connectivity index (χ0n) is 25.3. The van der Waals surface area contributed by atoms with Crippen molar-refractivity contribution in [3.63, 3.8) is 0 Å². The van der Waals surface area contributed by atoms with Crippen LogP contribution in [0.5, 0.6) is 0 Å². The molecule has 0 aliphatic carbocycles. The molecule has 2 aromatic carbocycles. The van der Waals surface area contributed by atoms with Gasteiger partial charge < -0.3 is 10.0 Å². The first-order valence-corrected chi connectivity index (χ1v) is 22.5. The summed E-state index contributed by atoms with van der Waals surface area (Å²) in [6.45, 7) is 2.24. The van der Waals surface area contributed by atoms with Crippen LogP contribution in [0, 0.1) is 0 Å². The van der Waals surface area contributed by atoms with Crippen LogP contribution >= 0.6 is 81.5 Å². The molecule has 3 heterocycles. The third-order valence-electron chi connectivity index (χ3n) is 6.94. The number of hydrogen-bond donors (Lipinski definition) is 2. The van der Waals surface area contributed by atoms with Crippen LogP contribution in [0.25, 0.3) is 22.4 Å².